The van der Waals surface area contributed by atoms with Gasteiger partial charge in [0.2, 0.25) is 11.8 Å². The molecule has 190 valence electrons. The van der Waals surface area contributed by atoms with Gasteiger partial charge in [-0.1, -0.05) is 12.1 Å². The number of hydrogen-bond acceptors (Lipinski definition) is 6. The lowest BCUT2D eigenvalue weighted by molar-refractivity contribution is -0.136. The molecule has 5 rings (SSSR count). The van der Waals surface area contributed by atoms with Crippen LogP contribution >= 0.6 is 0 Å². The van der Waals surface area contributed by atoms with Crippen molar-refractivity contribution in [3.8, 4) is 0 Å². The molecular weight excluding hydrogens is 463 g/mol. The van der Waals surface area contributed by atoms with Gasteiger partial charge in [-0.3, -0.25) is 24.6 Å². The van der Waals surface area contributed by atoms with Crippen molar-refractivity contribution in [1.82, 2.24) is 15.1 Å². The van der Waals surface area contributed by atoms with Crippen molar-refractivity contribution in [2.75, 3.05) is 18.4 Å². The van der Waals surface area contributed by atoms with E-state index in [9.17, 15) is 18.8 Å². The third kappa shape index (κ3) is 4.99. The van der Waals surface area contributed by atoms with E-state index in [0.717, 1.165) is 36.4 Å². The van der Waals surface area contributed by atoms with Gasteiger partial charge >= 0.3 is 0 Å². The Balaban J connectivity index is 1.28. The van der Waals surface area contributed by atoms with Crippen molar-refractivity contribution < 1.29 is 23.5 Å². The predicted molar refractivity (Wildman–Crippen MR) is 131 cm³/mol. The number of ether oxygens (including phenoxy) is 1. The molecule has 2 aromatic carbocycles. The zero-order valence-electron chi connectivity index (χ0n) is 20.6. The monoisotopic (exact) mass is 494 g/mol. The molecule has 2 fully saturated rings. The normalized spacial score (nSPS) is 24.6. The highest BCUT2D eigenvalue weighted by molar-refractivity contribution is 6.06. The molecule has 2 aromatic rings. The fraction of sp³-hybridized carbons (Fsp3) is 0.444. The van der Waals surface area contributed by atoms with Crippen molar-refractivity contribution in [1.29, 1.82) is 0 Å². The number of benzene rings is 2. The molecule has 3 amide bonds. The summed E-state index contributed by atoms with van der Waals surface area (Å²) in [5, 5.41) is 5.62. The average Bonchev–Trinajstić information content (AvgIpc) is 3.15. The summed E-state index contributed by atoms with van der Waals surface area (Å²) in [6.07, 6.45) is 0.849. The highest BCUT2D eigenvalue weighted by Gasteiger charge is 2.39. The number of carbonyl (C=O) groups excluding carboxylic acids is 3. The summed E-state index contributed by atoms with van der Waals surface area (Å²) < 4.78 is 20.5. The minimum atomic E-state index is -0.671. The van der Waals surface area contributed by atoms with Crippen molar-refractivity contribution in [2.24, 2.45) is 0 Å². The highest BCUT2D eigenvalue weighted by atomic mass is 19.1. The third-order valence-electron chi connectivity index (χ3n) is 7.06. The summed E-state index contributed by atoms with van der Waals surface area (Å²) >= 11 is 0. The Kier molecular flexibility index (Phi) is 6.77. The number of halogens is 1. The molecule has 3 aliphatic heterocycles. The quantitative estimate of drug-likeness (QED) is 0.601. The van der Waals surface area contributed by atoms with Gasteiger partial charge in [0.1, 0.15) is 11.9 Å². The van der Waals surface area contributed by atoms with E-state index < -0.39 is 11.9 Å². The van der Waals surface area contributed by atoms with E-state index in [0.29, 0.717) is 17.5 Å². The van der Waals surface area contributed by atoms with Crippen LogP contribution in [0.5, 0.6) is 0 Å². The molecule has 3 unspecified atom stereocenters. The lowest BCUT2D eigenvalue weighted by atomic mass is 10.0. The molecule has 0 aromatic heterocycles. The highest BCUT2D eigenvalue weighted by Crippen LogP contribution is 2.32. The summed E-state index contributed by atoms with van der Waals surface area (Å²) in [4.78, 5) is 40.7. The molecule has 3 atom stereocenters. The van der Waals surface area contributed by atoms with Crippen LogP contribution in [0.1, 0.15) is 53.7 Å². The number of hydrogen-bond donors (Lipinski definition) is 2. The molecule has 3 aliphatic rings. The van der Waals surface area contributed by atoms with Gasteiger partial charge in [0.25, 0.3) is 5.91 Å². The number of anilines is 1. The molecule has 36 heavy (non-hydrogen) atoms. The molecule has 0 bridgehead atoms. The Morgan fingerprint density at radius 1 is 1.11 bits per heavy atom. The second kappa shape index (κ2) is 9.99. The number of fused-ring (bicyclic) bond motifs is 1. The standard InChI is InChI=1S/C27H31FN4O4/c1-16-12-31(13-17(2)36-16)14-18-6-7-22(28)19(10-18)11-29-23-5-3-4-20-21(23)15-32(27(20)35)24-8-9-25(33)30-26(24)34/h3-7,10,16-17,24,29H,8-9,11-15H2,1-2H3,(H,30,33,34). The molecule has 0 radical (unpaired) electrons. The lowest BCUT2D eigenvalue weighted by Gasteiger charge is -2.35. The Labute approximate surface area is 209 Å². The van der Waals surface area contributed by atoms with Crippen LogP contribution in [0.15, 0.2) is 36.4 Å². The Morgan fingerprint density at radius 2 is 1.89 bits per heavy atom. The first kappa shape index (κ1) is 24.4. The first-order valence-electron chi connectivity index (χ1n) is 12.4. The topological polar surface area (TPSA) is 91.0 Å². The molecule has 0 spiro atoms. The molecular formula is C27H31FN4O4. The maximum Gasteiger partial charge on any atom is 0.255 e. The second-order valence-electron chi connectivity index (χ2n) is 9.96. The van der Waals surface area contributed by atoms with Crippen LogP contribution in [-0.2, 0) is 34.0 Å². The summed E-state index contributed by atoms with van der Waals surface area (Å²) in [6, 6.07) is 9.91. The second-order valence-corrected chi connectivity index (χ2v) is 9.96. The number of nitrogens with one attached hydrogen (secondary N) is 2. The van der Waals surface area contributed by atoms with Crippen LogP contribution < -0.4 is 10.6 Å². The Hall–Kier alpha value is -3.30. The predicted octanol–water partition coefficient (Wildman–Crippen LogP) is 2.81. The van der Waals surface area contributed by atoms with Crippen LogP contribution in [-0.4, -0.2) is 58.9 Å². The number of nitrogens with zero attached hydrogens (tertiary/aromatic N) is 2. The van der Waals surface area contributed by atoms with Gasteiger partial charge in [-0.05, 0) is 50.1 Å². The van der Waals surface area contributed by atoms with E-state index in [2.05, 4.69) is 29.4 Å². The van der Waals surface area contributed by atoms with Gasteiger partial charge < -0.3 is 15.0 Å². The summed E-state index contributed by atoms with van der Waals surface area (Å²) in [7, 11) is 0. The fourth-order valence-corrected chi connectivity index (χ4v) is 5.48. The van der Waals surface area contributed by atoms with E-state index >= 15 is 0 Å². The molecule has 2 saturated heterocycles. The third-order valence-corrected chi connectivity index (χ3v) is 7.06. The first-order chi connectivity index (χ1) is 17.3. The largest absolute Gasteiger partial charge is 0.381 e. The van der Waals surface area contributed by atoms with Gasteiger partial charge in [0.15, 0.2) is 0 Å². The van der Waals surface area contributed by atoms with Crippen LogP contribution in [0, 0.1) is 5.82 Å². The number of carbonyl (C=O) groups is 3. The molecule has 2 N–H and O–H groups in total. The number of rotatable bonds is 6. The number of morpholine rings is 1. The number of imide groups is 1. The summed E-state index contributed by atoms with van der Waals surface area (Å²) in [5.74, 6) is -1.27. The average molecular weight is 495 g/mol. The van der Waals surface area contributed by atoms with Gasteiger partial charge in [-0.15, -0.1) is 0 Å². The van der Waals surface area contributed by atoms with E-state index in [1.165, 1.54) is 11.0 Å². The lowest BCUT2D eigenvalue weighted by Crippen LogP contribution is -2.52. The molecule has 8 nitrogen and oxygen atoms in total. The smallest absolute Gasteiger partial charge is 0.255 e. The van der Waals surface area contributed by atoms with E-state index in [4.69, 9.17) is 4.74 Å². The SMILES string of the molecule is CC1CN(Cc2ccc(F)c(CNc3cccc4c3CN(C3CCC(=O)NC3=O)C4=O)c2)CC(C)O1. The van der Waals surface area contributed by atoms with Gasteiger partial charge in [-0.2, -0.15) is 0 Å². The molecule has 9 heteroatoms. The molecule has 0 saturated carbocycles. The summed E-state index contributed by atoms with van der Waals surface area (Å²) in [5.41, 5.74) is 3.61. The van der Waals surface area contributed by atoms with Crippen molar-refractivity contribution >= 4 is 23.4 Å². The molecule has 3 heterocycles. The number of amides is 3. The van der Waals surface area contributed by atoms with Crippen LogP contribution in [0.25, 0.3) is 0 Å². The zero-order chi connectivity index (χ0) is 25.4. The number of piperidine rings is 1. The first-order valence-corrected chi connectivity index (χ1v) is 12.4. The zero-order valence-corrected chi connectivity index (χ0v) is 20.6. The summed E-state index contributed by atoms with van der Waals surface area (Å²) in [6.45, 7) is 7.05. The van der Waals surface area contributed by atoms with Crippen LogP contribution in [0.2, 0.25) is 0 Å². The Bertz CT molecular complexity index is 1190. The van der Waals surface area contributed by atoms with E-state index in [1.54, 1.807) is 12.1 Å². The van der Waals surface area contributed by atoms with Gasteiger partial charge in [-0.25, -0.2) is 4.39 Å². The van der Waals surface area contributed by atoms with Crippen molar-refractivity contribution in [3.63, 3.8) is 0 Å². The van der Waals surface area contributed by atoms with Crippen LogP contribution in [0.4, 0.5) is 10.1 Å². The maximum absolute atomic E-state index is 14.7. The van der Waals surface area contributed by atoms with Crippen LogP contribution in [0.3, 0.4) is 0 Å². The van der Waals surface area contributed by atoms with Crippen molar-refractivity contribution in [3.05, 3.63) is 64.5 Å². The maximum atomic E-state index is 14.7. The minimum absolute atomic E-state index is 0.165. The van der Waals surface area contributed by atoms with E-state index in [1.807, 2.05) is 18.2 Å². The van der Waals surface area contributed by atoms with Crippen molar-refractivity contribution in [2.45, 2.75) is 64.6 Å². The van der Waals surface area contributed by atoms with E-state index in [-0.39, 0.29) is 49.3 Å². The molecule has 0 aliphatic carbocycles. The Morgan fingerprint density at radius 3 is 2.64 bits per heavy atom. The minimum Gasteiger partial charge on any atom is -0.381 e. The fourth-order valence-electron chi connectivity index (χ4n) is 5.48. The van der Waals surface area contributed by atoms with Gasteiger partial charge in [0.05, 0.1) is 12.2 Å². The van der Waals surface area contributed by atoms with Gasteiger partial charge in [0, 0.05) is 61.5 Å².